The van der Waals surface area contributed by atoms with Crippen LogP contribution >= 0.6 is 0 Å². The molecular formula is C42H29N3. The van der Waals surface area contributed by atoms with Gasteiger partial charge in [-0.3, -0.25) is 0 Å². The Morgan fingerprint density at radius 1 is 0.378 bits per heavy atom. The lowest BCUT2D eigenvalue weighted by Gasteiger charge is -2.14. The van der Waals surface area contributed by atoms with Gasteiger partial charge in [0, 0.05) is 49.4 Å². The SMILES string of the molecule is C1=CCCC(n2c3ccccc3c3cc4c5ccccc5n(-c5ccc6c(c5)c5ccccc5n6-c5ccccc5)c4cc32)=C1. The monoisotopic (exact) mass is 575 g/mol. The van der Waals surface area contributed by atoms with Crippen molar-refractivity contribution in [2.45, 2.75) is 12.8 Å². The molecule has 10 rings (SSSR count). The van der Waals surface area contributed by atoms with Crippen molar-refractivity contribution in [3.8, 4) is 11.4 Å². The van der Waals surface area contributed by atoms with Gasteiger partial charge in [-0.05, 0) is 79.6 Å². The van der Waals surface area contributed by atoms with E-state index in [1.54, 1.807) is 0 Å². The highest BCUT2D eigenvalue weighted by Crippen LogP contribution is 2.41. The Morgan fingerprint density at radius 2 is 0.911 bits per heavy atom. The van der Waals surface area contributed by atoms with E-state index in [-0.39, 0.29) is 0 Å². The smallest absolute Gasteiger partial charge is 0.0562 e. The zero-order valence-electron chi connectivity index (χ0n) is 24.7. The van der Waals surface area contributed by atoms with E-state index in [9.17, 15) is 0 Å². The molecule has 0 atom stereocenters. The van der Waals surface area contributed by atoms with Gasteiger partial charge in [0.15, 0.2) is 0 Å². The van der Waals surface area contributed by atoms with Gasteiger partial charge < -0.3 is 13.7 Å². The summed E-state index contributed by atoms with van der Waals surface area (Å²) in [7, 11) is 0. The van der Waals surface area contributed by atoms with Crippen molar-refractivity contribution in [2.24, 2.45) is 0 Å². The van der Waals surface area contributed by atoms with Crippen LogP contribution in [0.4, 0.5) is 0 Å². The number of allylic oxidation sites excluding steroid dienone is 4. The highest BCUT2D eigenvalue weighted by atomic mass is 15.0. The third kappa shape index (κ3) is 3.46. The molecule has 0 bridgehead atoms. The molecule has 3 nitrogen and oxygen atoms in total. The van der Waals surface area contributed by atoms with Crippen molar-refractivity contribution >= 4 is 71.1 Å². The van der Waals surface area contributed by atoms with Gasteiger partial charge in [-0.25, -0.2) is 0 Å². The van der Waals surface area contributed by atoms with Gasteiger partial charge in [0.05, 0.1) is 33.1 Å². The van der Waals surface area contributed by atoms with Crippen LogP contribution in [0.2, 0.25) is 0 Å². The maximum atomic E-state index is 2.49. The zero-order valence-corrected chi connectivity index (χ0v) is 24.7. The number of nitrogens with zero attached hydrogens (tertiary/aromatic N) is 3. The van der Waals surface area contributed by atoms with Crippen LogP contribution in [-0.4, -0.2) is 13.7 Å². The number of rotatable bonds is 3. The molecule has 0 N–H and O–H groups in total. The van der Waals surface area contributed by atoms with Crippen LogP contribution in [0.5, 0.6) is 0 Å². The summed E-state index contributed by atoms with van der Waals surface area (Å²) in [5.41, 5.74) is 11.1. The van der Waals surface area contributed by atoms with E-state index in [0.29, 0.717) is 0 Å². The molecule has 45 heavy (non-hydrogen) atoms. The molecule has 6 aromatic carbocycles. The Bertz CT molecular complexity index is 2690. The zero-order chi connectivity index (χ0) is 29.5. The molecule has 0 spiro atoms. The van der Waals surface area contributed by atoms with Crippen molar-refractivity contribution in [1.29, 1.82) is 0 Å². The van der Waals surface area contributed by atoms with Gasteiger partial charge in [0.2, 0.25) is 0 Å². The van der Waals surface area contributed by atoms with Gasteiger partial charge in [0.1, 0.15) is 0 Å². The van der Waals surface area contributed by atoms with Gasteiger partial charge in [0.25, 0.3) is 0 Å². The van der Waals surface area contributed by atoms with Crippen LogP contribution in [0.3, 0.4) is 0 Å². The van der Waals surface area contributed by atoms with E-state index in [0.717, 1.165) is 12.8 Å². The highest BCUT2D eigenvalue weighted by Gasteiger charge is 2.20. The van der Waals surface area contributed by atoms with E-state index in [1.165, 1.54) is 82.5 Å². The first kappa shape index (κ1) is 24.6. The van der Waals surface area contributed by atoms with E-state index in [1.807, 2.05) is 0 Å². The van der Waals surface area contributed by atoms with Crippen molar-refractivity contribution in [3.63, 3.8) is 0 Å². The maximum Gasteiger partial charge on any atom is 0.0562 e. The van der Waals surface area contributed by atoms with Gasteiger partial charge in [-0.2, -0.15) is 0 Å². The molecular weight excluding hydrogens is 546 g/mol. The summed E-state index contributed by atoms with van der Waals surface area (Å²) >= 11 is 0. The standard InChI is InChI=1S/C42H29N3/c1-3-13-28(14-4-1)43-37-20-10-7-17-31(37)34-25-30(23-24-40(34)43)45-39-22-12-9-19-33(39)36-26-35-32-18-8-11-21-38(32)44(41(35)27-42(36)45)29-15-5-2-6-16-29/h1-5,7-15,17-27H,6,16H2. The number of para-hydroxylation sites is 4. The van der Waals surface area contributed by atoms with E-state index < -0.39 is 0 Å². The molecule has 9 aromatic rings. The fourth-order valence-corrected chi connectivity index (χ4v) is 7.75. The van der Waals surface area contributed by atoms with Crippen molar-refractivity contribution in [3.05, 3.63) is 152 Å². The van der Waals surface area contributed by atoms with Crippen LogP contribution in [0.25, 0.3) is 82.5 Å². The lowest BCUT2D eigenvalue weighted by molar-refractivity contribution is 0.979. The molecule has 3 aromatic heterocycles. The summed E-state index contributed by atoms with van der Waals surface area (Å²) in [6.07, 6.45) is 8.85. The summed E-state index contributed by atoms with van der Waals surface area (Å²) in [5, 5.41) is 7.68. The van der Waals surface area contributed by atoms with Crippen molar-refractivity contribution < 1.29 is 0 Å². The van der Waals surface area contributed by atoms with Crippen LogP contribution in [0.15, 0.2) is 152 Å². The predicted molar refractivity (Wildman–Crippen MR) is 191 cm³/mol. The average Bonchev–Trinajstić information content (AvgIpc) is 3.73. The molecule has 212 valence electrons. The first-order valence-electron chi connectivity index (χ1n) is 15.8. The predicted octanol–water partition coefficient (Wildman–Crippen LogP) is 11.2. The van der Waals surface area contributed by atoms with Crippen LogP contribution in [-0.2, 0) is 0 Å². The van der Waals surface area contributed by atoms with Crippen molar-refractivity contribution in [1.82, 2.24) is 13.7 Å². The Labute approximate surface area is 260 Å². The highest BCUT2D eigenvalue weighted by molar-refractivity contribution is 6.20. The molecule has 0 amide bonds. The number of fused-ring (bicyclic) bond motifs is 9. The minimum atomic E-state index is 1.04. The fourth-order valence-electron chi connectivity index (χ4n) is 7.75. The first-order chi connectivity index (χ1) is 22.3. The molecule has 0 saturated carbocycles. The molecule has 0 saturated heterocycles. The topological polar surface area (TPSA) is 14.8 Å². The molecule has 3 heteroatoms. The number of aromatic nitrogens is 3. The lowest BCUT2D eigenvalue weighted by Crippen LogP contribution is -1.99. The number of benzene rings is 6. The molecule has 0 fully saturated rings. The maximum absolute atomic E-state index is 2.49. The Balaban J connectivity index is 1.31. The fraction of sp³-hybridized carbons (Fsp3) is 0.0476. The quantitative estimate of drug-likeness (QED) is 0.199. The van der Waals surface area contributed by atoms with Crippen LogP contribution < -0.4 is 0 Å². The Hall–Kier alpha value is -5.80. The van der Waals surface area contributed by atoms with E-state index in [4.69, 9.17) is 0 Å². The summed E-state index contributed by atoms with van der Waals surface area (Å²) in [6.45, 7) is 0. The molecule has 0 radical (unpaired) electrons. The summed E-state index contributed by atoms with van der Waals surface area (Å²) in [5.74, 6) is 0. The average molecular weight is 576 g/mol. The largest absolute Gasteiger partial charge is 0.313 e. The lowest BCUT2D eigenvalue weighted by atomic mass is 10.1. The third-order valence-electron chi connectivity index (χ3n) is 9.67. The van der Waals surface area contributed by atoms with Crippen LogP contribution in [0.1, 0.15) is 12.8 Å². The summed E-state index contributed by atoms with van der Waals surface area (Å²) in [4.78, 5) is 0. The van der Waals surface area contributed by atoms with Gasteiger partial charge >= 0.3 is 0 Å². The second kappa shape index (κ2) is 9.35. The normalized spacial score (nSPS) is 13.6. The molecule has 0 aliphatic heterocycles. The van der Waals surface area contributed by atoms with Gasteiger partial charge in [-0.15, -0.1) is 0 Å². The minimum Gasteiger partial charge on any atom is -0.313 e. The number of hydrogen-bond donors (Lipinski definition) is 0. The van der Waals surface area contributed by atoms with E-state index in [2.05, 4.69) is 165 Å². The molecule has 1 aliphatic rings. The molecule has 3 heterocycles. The van der Waals surface area contributed by atoms with E-state index >= 15 is 0 Å². The molecule has 1 aliphatic carbocycles. The minimum absolute atomic E-state index is 1.04. The molecule has 0 unspecified atom stereocenters. The second-order valence-electron chi connectivity index (χ2n) is 12.1. The number of hydrogen-bond acceptors (Lipinski definition) is 0. The Morgan fingerprint density at radius 3 is 1.56 bits per heavy atom. The summed E-state index contributed by atoms with van der Waals surface area (Å²) < 4.78 is 7.34. The van der Waals surface area contributed by atoms with Crippen LogP contribution in [0, 0.1) is 0 Å². The Kier molecular flexibility index (Phi) is 5.11. The third-order valence-corrected chi connectivity index (χ3v) is 9.67. The summed E-state index contributed by atoms with van der Waals surface area (Å²) in [6, 6.07) is 49.0. The first-order valence-corrected chi connectivity index (χ1v) is 15.8. The second-order valence-corrected chi connectivity index (χ2v) is 12.1. The van der Waals surface area contributed by atoms with Crippen molar-refractivity contribution in [2.75, 3.05) is 0 Å². The van der Waals surface area contributed by atoms with Gasteiger partial charge in [-0.1, -0.05) is 84.9 Å².